The zero-order chi connectivity index (χ0) is 24.7. The van der Waals surface area contributed by atoms with Gasteiger partial charge in [0.2, 0.25) is 10.0 Å². The summed E-state index contributed by atoms with van der Waals surface area (Å²) >= 11 is 0. The molecule has 0 unspecified atom stereocenters. The second-order valence-electron chi connectivity index (χ2n) is 8.52. The SMILES string of the molecule is [C-]#[N+]C1(NS(=O)(=O)c2cc(N3CCN(C(=O)N(C)C)CC3)n3ncc(C(=O)OCC)c3c2)CC1. The van der Waals surface area contributed by atoms with Crippen LogP contribution in [0.5, 0.6) is 0 Å². The van der Waals surface area contributed by atoms with E-state index < -0.39 is 21.7 Å². The highest BCUT2D eigenvalue weighted by Gasteiger charge is 2.54. The molecule has 12 nitrogen and oxygen atoms in total. The predicted octanol–water partition coefficient (Wildman–Crippen LogP) is 1.00. The molecule has 0 bridgehead atoms. The molecule has 0 aromatic carbocycles. The number of anilines is 1. The van der Waals surface area contributed by atoms with E-state index in [0.717, 1.165) is 0 Å². The van der Waals surface area contributed by atoms with Crippen molar-refractivity contribution in [3.8, 4) is 0 Å². The molecule has 13 heteroatoms. The Bertz CT molecular complexity index is 1270. The summed E-state index contributed by atoms with van der Waals surface area (Å²) in [6.07, 6.45) is 2.26. The lowest BCUT2D eigenvalue weighted by Crippen LogP contribution is -2.52. The number of hydrogen-bond acceptors (Lipinski definition) is 7. The third-order valence-electron chi connectivity index (χ3n) is 5.90. The number of rotatable bonds is 6. The Labute approximate surface area is 197 Å². The molecule has 0 radical (unpaired) electrons. The standard InChI is InChI=1S/C21H27N7O5S/c1-5-33-19(29)16-14-23-28-17(16)12-15(34(31,32)24-21(22-2)6-7-21)13-18(28)26-8-10-27(11-9-26)20(30)25(3)4/h12-14,24H,5-11H2,1,3-4H3. The van der Waals surface area contributed by atoms with Crippen LogP contribution in [0.2, 0.25) is 0 Å². The van der Waals surface area contributed by atoms with Crippen molar-refractivity contribution in [2.75, 3.05) is 51.8 Å². The number of carbonyl (C=O) groups excluding carboxylic acids is 2. The summed E-state index contributed by atoms with van der Waals surface area (Å²) in [5.74, 6) is -0.134. The number of ether oxygens (including phenoxy) is 1. The smallest absolute Gasteiger partial charge is 0.341 e. The second-order valence-corrected chi connectivity index (χ2v) is 10.2. The Kier molecular flexibility index (Phi) is 6.13. The molecule has 182 valence electrons. The Balaban J connectivity index is 1.74. The van der Waals surface area contributed by atoms with Crippen molar-refractivity contribution in [3.05, 3.63) is 35.3 Å². The summed E-state index contributed by atoms with van der Waals surface area (Å²) in [7, 11) is -0.662. The lowest BCUT2D eigenvalue weighted by atomic mass is 10.2. The van der Waals surface area contributed by atoms with Gasteiger partial charge in [0.05, 0.1) is 36.1 Å². The van der Waals surface area contributed by atoms with E-state index in [9.17, 15) is 18.0 Å². The van der Waals surface area contributed by atoms with Gasteiger partial charge in [-0.15, -0.1) is 4.72 Å². The molecule has 2 fully saturated rings. The van der Waals surface area contributed by atoms with Gasteiger partial charge in [0.25, 0.3) is 5.66 Å². The van der Waals surface area contributed by atoms with Crippen molar-refractivity contribution >= 4 is 33.4 Å². The van der Waals surface area contributed by atoms with E-state index in [2.05, 4.69) is 14.7 Å². The minimum Gasteiger partial charge on any atom is -0.462 e. The average molecular weight is 490 g/mol. The van der Waals surface area contributed by atoms with Gasteiger partial charge in [-0.1, -0.05) is 0 Å². The first-order valence-corrected chi connectivity index (χ1v) is 12.4. The first kappa shape index (κ1) is 23.8. The van der Waals surface area contributed by atoms with Gasteiger partial charge in [-0.05, 0) is 13.0 Å². The zero-order valence-electron chi connectivity index (χ0n) is 19.3. The molecule has 34 heavy (non-hydrogen) atoms. The number of carbonyl (C=O) groups is 2. The molecule has 2 amide bonds. The minimum absolute atomic E-state index is 0.0669. The van der Waals surface area contributed by atoms with Gasteiger partial charge in [0, 0.05) is 46.3 Å². The van der Waals surface area contributed by atoms with E-state index in [-0.39, 0.29) is 28.6 Å². The summed E-state index contributed by atoms with van der Waals surface area (Å²) in [5, 5.41) is 4.33. The average Bonchev–Trinajstić information content (AvgIpc) is 3.44. The fourth-order valence-corrected chi connectivity index (χ4v) is 5.26. The zero-order valence-corrected chi connectivity index (χ0v) is 20.1. The molecule has 1 saturated carbocycles. The number of piperazine rings is 1. The van der Waals surface area contributed by atoms with Gasteiger partial charge in [-0.2, -0.15) is 5.10 Å². The number of sulfonamides is 1. The van der Waals surface area contributed by atoms with Crippen LogP contribution in [0.4, 0.5) is 10.6 Å². The van der Waals surface area contributed by atoms with Crippen LogP contribution in [-0.4, -0.2) is 92.4 Å². The Morgan fingerprint density at radius 1 is 1.24 bits per heavy atom. The largest absolute Gasteiger partial charge is 0.462 e. The van der Waals surface area contributed by atoms with Crippen LogP contribution in [0.15, 0.2) is 23.2 Å². The number of nitrogens with one attached hydrogen (secondary N) is 1. The van der Waals surface area contributed by atoms with Crippen LogP contribution in [0.3, 0.4) is 0 Å². The topological polar surface area (TPSA) is 121 Å². The van der Waals surface area contributed by atoms with Crippen LogP contribution in [0, 0.1) is 6.57 Å². The minimum atomic E-state index is -4.04. The number of esters is 1. The number of hydrogen-bond donors (Lipinski definition) is 1. The maximum Gasteiger partial charge on any atom is 0.341 e. The molecule has 2 aliphatic rings. The number of amides is 2. The van der Waals surface area contributed by atoms with Gasteiger partial charge in [-0.3, -0.25) is 4.85 Å². The number of aromatic nitrogens is 2. The predicted molar refractivity (Wildman–Crippen MR) is 123 cm³/mol. The van der Waals surface area contributed by atoms with Gasteiger partial charge < -0.3 is 19.4 Å². The Morgan fingerprint density at radius 3 is 2.47 bits per heavy atom. The molecular weight excluding hydrogens is 462 g/mol. The molecule has 1 N–H and O–H groups in total. The van der Waals surface area contributed by atoms with E-state index in [0.29, 0.717) is 44.8 Å². The van der Waals surface area contributed by atoms with E-state index in [4.69, 9.17) is 11.3 Å². The molecular formula is C21H27N7O5S. The van der Waals surface area contributed by atoms with E-state index in [1.54, 1.807) is 25.9 Å². The summed E-state index contributed by atoms with van der Waals surface area (Å²) < 4.78 is 35.5. The number of fused-ring (bicyclic) bond motifs is 1. The van der Waals surface area contributed by atoms with Crippen LogP contribution >= 0.6 is 0 Å². The van der Waals surface area contributed by atoms with Crippen molar-refractivity contribution in [2.24, 2.45) is 0 Å². The fourth-order valence-electron chi connectivity index (χ4n) is 3.86. The quantitative estimate of drug-likeness (QED) is 0.475. The van der Waals surface area contributed by atoms with E-state index >= 15 is 0 Å². The highest BCUT2D eigenvalue weighted by molar-refractivity contribution is 7.89. The second kappa shape index (κ2) is 8.77. The van der Waals surface area contributed by atoms with Crippen molar-refractivity contribution in [2.45, 2.75) is 30.3 Å². The molecule has 1 aliphatic heterocycles. The van der Waals surface area contributed by atoms with Crippen LogP contribution in [0.25, 0.3) is 10.4 Å². The lowest BCUT2D eigenvalue weighted by Gasteiger charge is -2.37. The first-order valence-electron chi connectivity index (χ1n) is 10.9. The summed E-state index contributed by atoms with van der Waals surface area (Å²) in [6, 6.07) is 2.76. The van der Waals surface area contributed by atoms with Crippen molar-refractivity contribution < 1.29 is 22.7 Å². The normalized spacial score (nSPS) is 17.4. The van der Waals surface area contributed by atoms with Gasteiger partial charge >= 0.3 is 12.0 Å². The monoisotopic (exact) mass is 489 g/mol. The molecule has 0 atom stereocenters. The maximum absolute atomic E-state index is 13.2. The molecule has 2 aromatic heterocycles. The fraction of sp³-hybridized carbons (Fsp3) is 0.524. The van der Waals surface area contributed by atoms with Crippen molar-refractivity contribution in [3.63, 3.8) is 0 Å². The molecule has 1 aliphatic carbocycles. The van der Waals surface area contributed by atoms with E-state index in [1.807, 2.05) is 4.90 Å². The highest BCUT2D eigenvalue weighted by atomic mass is 32.2. The summed E-state index contributed by atoms with van der Waals surface area (Å²) in [6.45, 7) is 11.0. The van der Waals surface area contributed by atoms with Crippen molar-refractivity contribution in [1.29, 1.82) is 0 Å². The molecule has 0 spiro atoms. The number of nitrogens with zero attached hydrogens (tertiary/aromatic N) is 6. The molecule has 4 rings (SSSR count). The highest BCUT2D eigenvalue weighted by Crippen LogP contribution is 2.38. The third kappa shape index (κ3) is 4.38. The van der Waals surface area contributed by atoms with Crippen LogP contribution in [0.1, 0.15) is 30.1 Å². The van der Waals surface area contributed by atoms with Crippen LogP contribution in [-0.2, 0) is 14.8 Å². The number of pyridine rings is 1. The molecule has 3 heterocycles. The van der Waals surface area contributed by atoms with Gasteiger partial charge in [0.1, 0.15) is 11.4 Å². The molecule has 1 saturated heterocycles. The van der Waals surface area contributed by atoms with Gasteiger partial charge in [0.15, 0.2) is 0 Å². The molecule has 2 aromatic rings. The lowest BCUT2D eigenvalue weighted by molar-refractivity contribution is 0.0528. The Morgan fingerprint density at radius 2 is 1.91 bits per heavy atom. The third-order valence-corrected chi connectivity index (χ3v) is 7.40. The van der Waals surface area contributed by atoms with Crippen LogP contribution < -0.4 is 9.62 Å². The van der Waals surface area contributed by atoms with Crippen molar-refractivity contribution in [1.82, 2.24) is 24.1 Å². The maximum atomic E-state index is 13.2. The first-order chi connectivity index (χ1) is 16.1. The Hall–Kier alpha value is -3.37. The van der Waals surface area contributed by atoms with Gasteiger partial charge in [-0.25, -0.2) is 29.1 Å². The summed E-state index contributed by atoms with van der Waals surface area (Å²) in [4.78, 5) is 33.3. The number of urea groups is 1. The van der Waals surface area contributed by atoms with E-state index in [1.165, 1.54) is 27.7 Å². The summed E-state index contributed by atoms with van der Waals surface area (Å²) in [5.41, 5.74) is -0.670.